The highest BCUT2D eigenvalue weighted by molar-refractivity contribution is 7.80. The average molecular weight is 947 g/mol. The molecule has 1 aliphatic rings. The summed E-state index contributed by atoms with van der Waals surface area (Å²) in [6, 6.07) is 0. The number of aliphatic hydroxyl groups excluding tert-OH is 3. The number of esters is 1. The molecule has 384 valence electrons. The molecule has 1 rings (SSSR count). The van der Waals surface area contributed by atoms with Gasteiger partial charge in [0.25, 0.3) is 0 Å². The Bertz CT molecular complexity index is 1230. The number of carbonyl (C=O) groups is 1. The van der Waals surface area contributed by atoms with Gasteiger partial charge in [-0.3, -0.25) is 9.35 Å². The molecule has 6 atom stereocenters. The number of unbranched alkanes of at least 4 members (excludes halogenated alkanes) is 30. The molecule has 0 spiro atoms. The molecule has 0 amide bonds. The Morgan fingerprint density at radius 2 is 0.969 bits per heavy atom. The number of hydrogen-bond donors (Lipinski definition) is 4. The zero-order valence-electron chi connectivity index (χ0n) is 41.3. The van der Waals surface area contributed by atoms with Gasteiger partial charge >= 0.3 is 16.4 Å². The lowest BCUT2D eigenvalue weighted by atomic mass is 9.99. The van der Waals surface area contributed by atoms with Crippen molar-refractivity contribution in [2.24, 2.45) is 0 Å². The summed E-state index contributed by atoms with van der Waals surface area (Å²) < 4.78 is 59.3. The van der Waals surface area contributed by atoms with E-state index < -0.39 is 59.8 Å². The number of rotatable bonds is 47. The molecular formula is C52H98O12S. The Balaban J connectivity index is 2.35. The fourth-order valence-corrected chi connectivity index (χ4v) is 8.76. The highest BCUT2D eigenvalue weighted by atomic mass is 32.3. The third-order valence-corrected chi connectivity index (χ3v) is 12.8. The molecule has 0 aliphatic carbocycles. The molecule has 0 aromatic carbocycles. The molecule has 1 fully saturated rings. The van der Waals surface area contributed by atoms with E-state index in [1.807, 2.05) is 0 Å². The van der Waals surface area contributed by atoms with Crippen LogP contribution in [0.2, 0.25) is 0 Å². The topological polar surface area (TPSA) is 178 Å². The van der Waals surface area contributed by atoms with E-state index in [9.17, 15) is 33.1 Å². The molecule has 0 aromatic heterocycles. The minimum atomic E-state index is -5.06. The van der Waals surface area contributed by atoms with E-state index in [2.05, 4.69) is 42.3 Å². The monoisotopic (exact) mass is 947 g/mol. The maximum Gasteiger partial charge on any atom is 0.397 e. The van der Waals surface area contributed by atoms with Crippen LogP contribution >= 0.6 is 0 Å². The third kappa shape index (κ3) is 37.2. The van der Waals surface area contributed by atoms with Crippen molar-refractivity contribution in [1.29, 1.82) is 0 Å². The van der Waals surface area contributed by atoms with Crippen LogP contribution in [-0.2, 0) is 38.3 Å². The van der Waals surface area contributed by atoms with Gasteiger partial charge in [-0.05, 0) is 64.2 Å². The predicted octanol–water partition coefficient (Wildman–Crippen LogP) is 12.4. The van der Waals surface area contributed by atoms with E-state index in [0.29, 0.717) is 13.0 Å². The second-order valence-electron chi connectivity index (χ2n) is 18.5. The van der Waals surface area contributed by atoms with Crippen LogP contribution in [0.4, 0.5) is 0 Å². The highest BCUT2D eigenvalue weighted by Gasteiger charge is 2.48. The number of allylic oxidation sites excluding steroid dienone is 4. The normalized spacial score (nSPS) is 19.8. The third-order valence-electron chi connectivity index (χ3n) is 12.3. The SMILES string of the molecule is CCCCCCCC/C=C\CCCCCCCCCCCC(=O)OC(COCCCCCCCCCC/C=C\CCCCCCCCC)COC1OC(CO)C(O)C(OS(=O)(=O)O)C1O. The van der Waals surface area contributed by atoms with Crippen LogP contribution in [0, 0.1) is 0 Å². The number of hydrogen-bond acceptors (Lipinski definition) is 11. The van der Waals surface area contributed by atoms with Crippen LogP contribution < -0.4 is 0 Å². The molecule has 1 heterocycles. The first-order valence-electron chi connectivity index (χ1n) is 26.6. The zero-order valence-corrected chi connectivity index (χ0v) is 42.1. The van der Waals surface area contributed by atoms with Gasteiger partial charge in [-0.15, -0.1) is 0 Å². The molecule has 0 bridgehead atoms. The van der Waals surface area contributed by atoms with E-state index >= 15 is 0 Å². The summed E-state index contributed by atoms with van der Waals surface area (Å²) in [7, 11) is -5.06. The molecule has 0 saturated carbocycles. The molecule has 65 heavy (non-hydrogen) atoms. The Hall–Kier alpha value is -1.42. The van der Waals surface area contributed by atoms with Crippen molar-refractivity contribution >= 4 is 16.4 Å². The van der Waals surface area contributed by atoms with Crippen LogP contribution in [-0.4, -0.2) is 97.5 Å². The van der Waals surface area contributed by atoms with Gasteiger partial charge in [0.2, 0.25) is 0 Å². The summed E-state index contributed by atoms with van der Waals surface area (Å²) in [5.41, 5.74) is 0. The van der Waals surface area contributed by atoms with Gasteiger partial charge in [0, 0.05) is 13.0 Å². The molecular weight excluding hydrogens is 849 g/mol. The molecule has 0 radical (unpaired) electrons. The summed E-state index contributed by atoms with van der Waals surface area (Å²) >= 11 is 0. The first-order valence-corrected chi connectivity index (χ1v) is 28.0. The Morgan fingerprint density at radius 1 is 0.569 bits per heavy atom. The highest BCUT2D eigenvalue weighted by Crippen LogP contribution is 2.26. The van der Waals surface area contributed by atoms with Crippen molar-refractivity contribution in [2.75, 3.05) is 26.4 Å². The quantitative estimate of drug-likeness (QED) is 0.0197. The summed E-state index contributed by atoms with van der Waals surface area (Å²) in [5.74, 6) is -0.399. The summed E-state index contributed by atoms with van der Waals surface area (Å²) in [6.07, 6.45) is 42.1. The van der Waals surface area contributed by atoms with Crippen molar-refractivity contribution in [3.63, 3.8) is 0 Å². The average Bonchev–Trinajstić information content (AvgIpc) is 3.28. The molecule has 4 N–H and O–H groups in total. The Labute approximate surface area is 397 Å². The fourth-order valence-electron chi connectivity index (χ4n) is 8.25. The standard InChI is InChI=1S/C52H98O12S/c1-3-5-7-9-11-13-15-17-19-21-23-25-27-29-31-33-35-37-39-41-48(54)62-46(45-61-52-50(56)51(64-65(57,58)59)49(55)47(43-53)63-52)44-60-42-40-38-36-34-32-30-28-26-24-22-20-18-16-14-12-10-8-6-4-2/h17,19-20,22,46-47,49-53,55-56H,3-16,18,21,23-45H2,1-2H3,(H,57,58,59)/b19-17-,22-20-. The van der Waals surface area contributed by atoms with Gasteiger partial charge in [0.05, 0.1) is 19.8 Å². The van der Waals surface area contributed by atoms with E-state index in [1.165, 1.54) is 173 Å². The van der Waals surface area contributed by atoms with Crippen molar-refractivity contribution in [2.45, 2.75) is 275 Å². The minimum absolute atomic E-state index is 0.0362. The van der Waals surface area contributed by atoms with E-state index in [1.54, 1.807) is 0 Å². The maximum absolute atomic E-state index is 12.9. The predicted molar refractivity (Wildman–Crippen MR) is 262 cm³/mol. The lowest BCUT2D eigenvalue weighted by molar-refractivity contribution is -0.301. The van der Waals surface area contributed by atoms with E-state index in [-0.39, 0.29) is 19.6 Å². The molecule has 0 aromatic rings. The van der Waals surface area contributed by atoms with Gasteiger partial charge in [-0.25, -0.2) is 4.18 Å². The first kappa shape index (κ1) is 61.6. The van der Waals surface area contributed by atoms with Gasteiger partial charge in [0.1, 0.15) is 30.5 Å². The summed E-state index contributed by atoms with van der Waals surface area (Å²) in [4.78, 5) is 12.9. The summed E-state index contributed by atoms with van der Waals surface area (Å²) in [5, 5.41) is 30.8. The van der Waals surface area contributed by atoms with Gasteiger partial charge in [0.15, 0.2) is 6.29 Å². The van der Waals surface area contributed by atoms with E-state index in [4.69, 9.17) is 18.9 Å². The van der Waals surface area contributed by atoms with Crippen LogP contribution in [0.25, 0.3) is 0 Å². The number of aliphatic hydroxyl groups is 3. The maximum atomic E-state index is 12.9. The van der Waals surface area contributed by atoms with E-state index in [0.717, 1.165) is 38.5 Å². The van der Waals surface area contributed by atoms with Crippen molar-refractivity contribution < 1.29 is 56.2 Å². The van der Waals surface area contributed by atoms with Crippen LogP contribution in [0.3, 0.4) is 0 Å². The van der Waals surface area contributed by atoms with Crippen LogP contribution in [0.15, 0.2) is 24.3 Å². The molecule has 6 unspecified atom stereocenters. The van der Waals surface area contributed by atoms with Gasteiger partial charge < -0.3 is 34.3 Å². The Kier molecular flexibility index (Phi) is 41.5. The molecule has 12 nitrogen and oxygen atoms in total. The second kappa shape index (κ2) is 43.8. The van der Waals surface area contributed by atoms with Crippen LogP contribution in [0.5, 0.6) is 0 Å². The van der Waals surface area contributed by atoms with Crippen molar-refractivity contribution in [3.05, 3.63) is 24.3 Å². The molecule has 1 aliphatic heterocycles. The van der Waals surface area contributed by atoms with Crippen molar-refractivity contribution in [1.82, 2.24) is 0 Å². The lowest BCUT2D eigenvalue weighted by Crippen LogP contribution is -2.60. The first-order chi connectivity index (χ1) is 31.6. The van der Waals surface area contributed by atoms with Gasteiger partial charge in [-0.2, -0.15) is 8.42 Å². The molecule has 13 heteroatoms. The lowest BCUT2D eigenvalue weighted by Gasteiger charge is -2.41. The van der Waals surface area contributed by atoms with Gasteiger partial charge in [-0.1, -0.05) is 192 Å². The minimum Gasteiger partial charge on any atom is -0.457 e. The number of ether oxygens (including phenoxy) is 4. The largest absolute Gasteiger partial charge is 0.457 e. The number of carbonyl (C=O) groups excluding carboxylic acids is 1. The Morgan fingerprint density at radius 3 is 1.38 bits per heavy atom. The fraction of sp³-hybridized carbons (Fsp3) is 0.904. The zero-order chi connectivity index (χ0) is 47.5. The smallest absolute Gasteiger partial charge is 0.397 e. The second-order valence-corrected chi connectivity index (χ2v) is 19.5. The van der Waals surface area contributed by atoms with Crippen molar-refractivity contribution in [3.8, 4) is 0 Å². The summed E-state index contributed by atoms with van der Waals surface area (Å²) in [6.45, 7) is 4.01. The molecule has 1 saturated heterocycles. The van der Waals surface area contributed by atoms with Crippen LogP contribution in [0.1, 0.15) is 239 Å².